The predicted octanol–water partition coefficient (Wildman–Crippen LogP) is 1.60. The summed E-state index contributed by atoms with van der Waals surface area (Å²) in [5.74, 6) is 0.394. The number of aliphatic hydroxyl groups is 1. The molecule has 92 valence electrons. The summed E-state index contributed by atoms with van der Waals surface area (Å²) in [4.78, 5) is 11.4. The number of hydrogen-bond donors (Lipinski definition) is 3. The van der Waals surface area contributed by atoms with Crippen LogP contribution in [0.5, 0.6) is 0 Å². The summed E-state index contributed by atoms with van der Waals surface area (Å²) in [6.07, 6.45) is 0.967. The molecule has 2 unspecified atom stereocenters. The number of rotatable bonds is 4. The predicted molar refractivity (Wildman–Crippen MR) is 68.9 cm³/mol. The van der Waals surface area contributed by atoms with Crippen LogP contribution in [-0.4, -0.2) is 30.3 Å². The molecule has 1 saturated carbocycles. The highest BCUT2D eigenvalue weighted by atomic mass is 79.9. The normalized spacial score (nSPS) is 22.0. The molecule has 0 spiro atoms. The molecule has 5 heteroatoms. The first kappa shape index (κ1) is 12.4. The van der Waals surface area contributed by atoms with Gasteiger partial charge in [0.1, 0.15) is 0 Å². The van der Waals surface area contributed by atoms with E-state index in [1.54, 1.807) is 0 Å². The van der Waals surface area contributed by atoms with Crippen molar-refractivity contribution in [2.75, 3.05) is 13.2 Å². The first-order chi connectivity index (χ1) is 8.22. The number of nitrogens with one attached hydrogen (secondary N) is 2. The minimum atomic E-state index is -0.210. The van der Waals surface area contributed by atoms with E-state index in [4.69, 9.17) is 5.11 Å². The Labute approximate surface area is 109 Å². The van der Waals surface area contributed by atoms with Gasteiger partial charge >= 0.3 is 6.03 Å². The average Bonchev–Trinajstić information content (AvgIpc) is 3.06. The van der Waals surface area contributed by atoms with Gasteiger partial charge in [-0.25, -0.2) is 4.79 Å². The average molecular weight is 299 g/mol. The smallest absolute Gasteiger partial charge is 0.315 e. The number of carbonyl (C=O) groups is 1. The molecule has 1 aromatic carbocycles. The summed E-state index contributed by atoms with van der Waals surface area (Å²) in [6.45, 7) is 0.254. The summed E-state index contributed by atoms with van der Waals surface area (Å²) in [5, 5.41) is 14.0. The largest absolute Gasteiger partial charge is 0.395 e. The number of amides is 2. The number of carbonyl (C=O) groups excluding carboxylic acids is 1. The van der Waals surface area contributed by atoms with Gasteiger partial charge in [-0.15, -0.1) is 0 Å². The fraction of sp³-hybridized carbons (Fsp3) is 0.417. The highest BCUT2D eigenvalue weighted by molar-refractivity contribution is 9.10. The van der Waals surface area contributed by atoms with E-state index in [9.17, 15) is 4.79 Å². The zero-order chi connectivity index (χ0) is 12.3. The minimum absolute atomic E-state index is 0.0360. The summed E-state index contributed by atoms with van der Waals surface area (Å²) >= 11 is 3.51. The lowest BCUT2D eigenvalue weighted by Crippen LogP contribution is -2.38. The highest BCUT2D eigenvalue weighted by Crippen LogP contribution is 2.43. The van der Waals surface area contributed by atoms with Crippen LogP contribution in [0.25, 0.3) is 0 Å². The topological polar surface area (TPSA) is 61.4 Å². The van der Waals surface area contributed by atoms with E-state index in [1.807, 2.05) is 18.2 Å². The molecule has 1 aliphatic rings. The fourth-order valence-electron chi connectivity index (χ4n) is 1.86. The molecule has 0 aliphatic heterocycles. The molecular weight excluding hydrogens is 284 g/mol. The van der Waals surface area contributed by atoms with E-state index in [0.29, 0.717) is 5.92 Å². The third-order valence-electron chi connectivity index (χ3n) is 2.81. The molecule has 0 saturated heterocycles. The Hall–Kier alpha value is -1.07. The molecule has 0 aromatic heterocycles. The monoisotopic (exact) mass is 298 g/mol. The standard InChI is InChI=1S/C12H15BrN2O2/c13-10-4-2-1-3-8(10)9-7-11(9)15-12(17)14-5-6-16/h1-4,9,11,16H,5-7H2,(H2,14,15,17). The molecule has 1 aliphatic carbocycles. The first-order valence-electron chi connectivity index (χ1n) is 5.62. The first-order valence-corrected chi connectivity index (χ1v) is 6.41. The molecule has 3 N–H and O–H groups in total. The lowest BCUT2D eigenvalue weighted by Gasteiger charge is -2.07. The molecule has 17 heavy (non-hydrogen) atoms. The molecule has 1 aromatic rings. The number of hydrogen-bond acceptors (Lipinski definition) is 2. The van der Waals surface area contributed by atoms with Crippen molar-refractivity contribution in [2.24, 2.45) is 0 Å². The molecule has 2 amide bonds. The van der Waals surface area contributed by atoms with Crippen molar-refractivity contribution in [3.05, 3.63) is 34.3 Å². The van der Waals surface area contributed by atoms with Crippen LogP contribution in [0.15, 0.2) is 28.7 Å². The number of urea groups is 1. The molecule has 0 bridgehead atoms. The molecule has 4 nitrogen and oxygen atoms in total. The second-order valence-corrected chi connectivity index (χ2v) is 4.95. The van der Waals surface area contributed by atoms with E-state index in [0.717, 1.165) is 10.9 Å². The van der Waals surface area contributed by atoms with E-state index >= 15 is 0 Å². The maximum atomic E-state index is 11.4. The Morgan fingerprint density at radius 1 is 1.47 bits per heavy atom. The van der Waals surface area contributed by atoms with Gasteiger partial charge in [0.15, 0.2) is 0 Å². The van der Waals surface area contributed by atoms with Crippen LogP contribution in [0.3, 0.4) is 0 Å². The van der Waals surface area contributed by atoms with Gasteiger partial charge in [-0.1, -0.05) is 34.1 Å². The second-order valence-electron chi connectivity index (χ2n) is 4.09. The van der Waals surface area contributed by atoms with Crippen molar-refractivity contribution in [3.63, 3.8) is 0 Å². The minimum Gasteiger partial charge on any atom is -0.395 e. The van der Waals surface area contributed by atoms with E-state index < -0.39 is 0 Å². The Morgan fingerprint density at radius 2 is 2.24 bits per heavy atom. The Bertz CT molecular complexity index is 411. The van der Waals surface area contributed by atoms with Gasteiger partial charge in [0.25, 0.3) is 0 Å². The Balaban J connectivity index is 1.85. The second kappa shape index (κ2) is 5.51. The third kappa shape index (κ3) is 3.20. The van der Waals surface area contributed by atoms with Crippen LogP contribution in [0.2, 0.25) is 0 Å². The molecule has 0 heterocycles. The van der Waals surface area contributed by atoms with Crippen LogP contribution < -0.4 is 10.6 Å². The van der Waals surface area contributed by atoms with Crippen molar-refractivity contribution >= 4 is 22.0 Å². The summed E-state index contributed by atoms with van der Waals surface area (Å²) in [6, 6.07) is 8.05. The Morgan fingerprint density at radius 3 is 2.94 bits per heavy atom. The van der Waals surface area contributed by atoms with Crippen LogP contribution >= 0.6 is 15.9 Å². The number of aliphatic hydroxyl groups excluding tert-OH is 1. The van der Waals surface area contributed by atoms with E-state index in [1.165, 1.54) is 5.56 Å². The summed E-state index contributed by atoms with van der Waals surface area (Å²) in [5.41, 5.74) is 1.24. The maximum Gasteiger partial charge on any atom is 0.315 e. The van der Waals surface area contributed by atoms with Gasteiger partial charge in [-0.05, 0) is 18.1 Å². The van der Waals surface area contributed by atoms with Gasteiger partial charge in [0, 0.05) is 23.0 Å². The molecule has 0 radical (unpaired) electrons. The van der Waals surface area contributed by atoms with Gasteiger partial charge in [-0.3, -0.25) is 0 Å². The lowest BCUT2D eigenvalue weighted by atomic mass is 10.1. The lowest BCUT2D eigenvalue weighted by molar-refractivity contribution is 0.233. The zero-order valence-electron chi connectivity index (χ0n) is 9.32. The third-order valence-corrected chi connectivity index (χ3v) is 3.53. The quantitative estimate of drug-likeness (QED) is 0.791. The van der Waals surface area contributed by atoms with Crippen molar-refractivity contribution in [1.29, 1.82) is 0 Å². The zero-order valence-corrected chi connectivity index (χ0v) is 10.9. The molecule has 1 fully saturated rings. The molecule has 2 rings (SSSR count). The van der Waals surface area contributed by atoms with E-state index in [2.05, 4.69) is 32.6 Å². The summed E-state index contributed by atoms with van der Waals surface area (Å²) < 4.78 is 1.09. The van der Waals surface area contributed by atoms with Crippen molar-refractivity contribution in [2.45, 2.75) is 18.4 Å². The fourth-order valence-corrected chi connectivity index (χ4v) is 2.44. The molecular formula is C12H15BrN2O2. The Kier molecular flexibility index (Phi) is 4.02. The van der Waals surface area contributed by atoms with Crippen molar-refractivity contribution in [1.82, 2.24) is 10.6 Å². The highest BCUT2D eigenvalue weighted by Gasteiger charge is 2.40. The molecule has 2 atom stereocenters. The van der Waals surface area contributed by atoms with Gasteiger partial charge in [0.05, 0.1) is 6.61 Å². The van der Waals surface area contributed by atoms with Crippen LogP contribution in [0, 0.1) is 0 Å². The van der Waals surface area contributed by atoms with Gasteiger partial charge in [0.2, 0.25) is 0 Å². The van der Waals surface area contributed by atoms with Crippen LogP contribution in [0.4, 0.5) is 4.79 Å². The van der Waals surface area contributed by atoms with Crippen LogP contribution in [0.1, 0.15) is 17.9 Å². The van der Waals surface area contributed by atoms with Gasteiger partial charge < -0.3 is 15.7 Å². The van der Waals surface area contributed by atoms with Gasteiger partial charge in [-0.2, -0.15) is 0 Å². The van der Waals surface area contributed by atoms with Crippen molar-refractivity contribution < 1.29 is 9.90 Å². The van der Waals surface area contributed by atoms with Crippen molar-refractivity contribution in [3.8, 4) is 0 Å². The number of benzene rings is 1. The maximum absolute atomic E-state index is 11.4. The van der Waals surface area contributed by atoms with Crippen LogP contribution in [-0.2, 0) is 0 Å². The van der Waals surface area contributed by atoms with E-state index in [-0.39, 0.29) is 25.2 Å². The SMILES string of the molecule is O=C(NCCO)NC1CC1c1ccccc1Br. The number of halogens is 1. The summed E-state index contributed by atoms with van der Waals surface area (Å²) in [7, 11) is 0.